The Kier molecular flexibility index (Phi) is 4.82. The molecule has 0 aliphatic rings. The Labute approximate surface area is 209 Å². The fourth-order valence-corrected chi connectivity index (χ4v) is 5.21. The normalized spacial score (nSPS) is 11.3. The van der Waals surface area contributed by atoms with Gasteiger partial charge in [0.2, 0.25) is 0 Å². The summed E-state index contributed by atoms with van der Waals surface area (Å²) >= 11 is 0. The summed E-state index contributed by atoms with van der Waals surface area (Å²) in [5.74, 6) is 0. The Morgan fingerprint density at radius 2 is 1.08 bits per heavy atom. The number of nitrogens with one attached hydrogen (secondary N) is 1. The van der Waals surface area contributed by atoms with E-state index in [1.165, 1.54) is 33.0 Å². The van der Waals surface area contributed by atoms with Gasteiger partial charge >= 0.3 is 0 Å². The van der Waals surface area contributed by atoms with Crippen molar-refractivity contribution >= 4 is 44.1 Å². The molecule has 1 aromatic heterocycles. The van der Waals surface area contributed by atoms with Crippen LogP contribution in [0.3, 0.4) is 0 Å². The molecule has 2 nitrogen and oxygen atoms in total. The van der Waals surface area contributed by atoms with Crippen molar-refractivity contribution < 1.29 is 4.42 Å². The van der Waals surface area contributed by atoms with E-state index in [1.807, 2.05) is 24.3 Å². The highest BCUT2D eigenvalue weighted by molar-refractivity contribution is 6.12. The molecule has 0 fully saturated rings. The first-order chi connectivity index (χ1) is 17.8. The summed E-state index contributed by atoms with van der Waals surface area (Å²) in [6.45, 7) is 0. The van der Waals surface area contributed by atoms with Gasteiger partial charge in [0, 0.05) is 11.1 Å². The van der Waals surface area contributed by atoms with Crippen molar-refractivity contribution in [2.75, 3.05) is 5.32 Å². The van der Waals surface area contributed by atoms with Gasteiger partial charge in [-0.25, -0.2) is 0 Å². The number of para-hydroxylation sites is 1. The molecule has 0 saturated heterocycles. The number of hydrogen-bond acceptors (Lipinski definition) is 2. The lowest BCUT2D eigenvalue weighted by Gasteiger charge is -2.14. The van der Waals surface area contributed by atoms with Gasteiger partial charge < -0.3 is 9.73 Å². The fraction of sp³-hybridized carbons (Fsp3) is 0. The van der Waals surface area contributed by atoms with E-state index in [2.05, 4.69) is 115 Å². The summed E-state index contributed by atoms with van der Waals surface area (Å²) in [6.07, 6.45) is 0. The van der Waals surface area contributed by atoms with Crippen LogP contribution in [0, 0.1) is 0 Å². The molecule has 0 aliphatic heterocycles. The van der Waals surface area contributed by atoms with Crippen molar-refractivity contribution in [1.82, 2.24) is 0 Å². The van der Waals surface area contributed by atoms with Crippen LogP contribution in [0.15, 0.2) is 138 Å². The smallest absolute Gasteiger partial charge is 0.137 e. The largest absolute Gasteiger partial charge is 0.456 e. The highest BCUT2D eigenvalue weighted by Gasteiger charge is 2.12. The summed E-state index contributed by atoms with van der Waals surface area (Å²) in [7, 11) is 0. The molecule has 36 heavy (non-hydrogen) atoms. The molecule has 0 aliphatic carbocycles. The Morgan fingerprint density at radius 1 is 0.444 bits per heavy atom. The maximum Gasteiger partial charge on any atom is 0.137 e. The summed E-state index contributed by atoms with van der Waals surface area (Å²) < 4.78 is 6.06. The van der Waals surface area contributed by atoms with Crippen molar-refractivity contribution in [2.45, 2.75) is 0 Å². The van der Waals surface area contributed by atoms with Crippen LogP contribution in [-0.2, 0) is 0 Å². The molecule has 170 valence electrons. The zero-order valence-electron chi connectivity index (χ0n) is 19.6. The van der Waals surface area contributed by atoms with Crippen molar-refractivity contribution in [3.8, 4) is 22.3 Å². The van der Waals surface area contributed by atoms with Crippen LogP contribution in [0.5, 0.6) is 0 Å². The molecule has 1 heterocycles. The molecule has 1 N–H and O–H groups in total. The Balaban J connectivity index is 1.29. The number of benzene rings is 6. The predicted octanol–water partition coefficient (Wildman–Crippen LogP) is 9.82. The van der Waals surface area contributed by atoms with E-state index in [9.17, 15) is 0 Å². The van der Waals surface area contributed by atoms with Gasteiger partial charge in [0.15, 0.2) is 0 Å². The number of furan rings is 1. The summed E-state index contributed by atoms with van der Waals surface area (Å²) in [5, 5.41) is 8.37. The van der Waals surface area contributed by atoms with Crippen LogP contribution in [0.25, 0.3) is 55.0 Å². The average Bonchev–Trinajstić information content (AvgIpc) is 3.33. The quantitative estimate of drug-likeness (QED) is 0.282. The fourth-order valence-electron chi connectivity index (χ4n) is 5.21. The van der Waals surface area contributed by atoms with E-state index in [1.54, 1.807) is 0 Å². The first-order valence-corrected chi connectivity index (χ1v) is 12.2. The number of rotatable bonds is 4. The standard InChI is InChI=1S/C34H23NO/c1-2-9-23(10-3-1)27-14-6-11-25-12-7-15-28(33(25)27)24-19-21-26(22-20-24)35-30-16-8-18-32-34(30)29-13-4-5-17-31(29)36-32/h1-22,35H. The third-order valence-corrected chi connectivity index (χ3v) is 6.87. The van der Waals surface area contributed by atoms with Crippen molar-refractivity contribution in [2.24, 2.45) is 0 Å². The van der Waals surface area contributed by atoms with Gasteiger partial charge in [-0.15, -0.1) is 0 Å². The summed E-state index contributed by atoms with van der Waals surface area (Å²) in [5.41, 5.74) is 8.80. The van der Waals surface area contributed by atoms with Gasteiger partial charge in [-0.05, 0) is 63.4 Å². The van der Waals surface area contributed by atoms with Gasteiger partial charge in [-0.1, -0.05) is 103 Å². The van der Waals surface area contributed by atoms with Crippen LogP contribution >= 0.6 is 0 Å². The van der Waals surface area contributed by atoms with E-state index in [0.29, 0.717) is 0 Å². The molecular weight excluding hydrogens is 438 g/mol. The molecule has 0 bridgehead atoms. The number of fused-ring (bicyclic) bond motifs is 4. The molecule has 0 amide bonds. The molecule has 0 saturated carbocycles. The second kappa shape index (κ2) is 8.44. The highest BCUT2D eigenvalue weighted by Crippen LogP contribution is 2.38. The lowest BCUT2D eigenvalue weighted by Crippen LogP contribution is -1.91. The van der Waals surface area contributed by atoms with Crippen LogP contribution in [-0.4, -0.2) is 0 Å². The van der Waals surface area contributed by atoms with E-state index < -0.39 is 0 Å². The van der Waals surface area contributed by atoms with Crippen LogP contribution in [0.2, 0.25) is 0 Å². The average molecular weight is 462 g/mol. The zero-order valence-corrected chi connectivity index (χ0v) is 19.6. The van der Waals surface area contributed by atoms with Crippen molar-refractivity contribution in [1.29, 1.82) is 0 Å². The van der Waals surface area contributed by atoms with E-state index in [0.717, 1.165) is 33.3 Å². The van der Waals surface area contributed by atoms with Gasteiger partial charge in [-0.2, -0.15) is 0 Å². The molecule has 0 radical (unpaired) electrons. The Morgan fingerprint density at radius 3 is 1.86 bits per heavy atom. The minimum absolute atomic E-state index is 0.891. The summed E-state index contributed by atoms with van der Waals surface area (Å²) in [4.78, 5) is 0. The van der Waals surface area contributed by atoms with Crippen LogP contribution in [0.4, 0.5) is 11.4 Å². The maximum atomic E-state index is 6.06. The molecule has 7 aromatic rings. The van der Waals surface area contributed by atoms with E-state index >= 15 is 0 Å². The monoisotopic (exact) mass is 461 g/mol. The number of anilines is 2. The first kappa shape index (κ1) is 20.5. The molecule has 0 atom stereocenters. The molecule has 2 heteroatoms. The topological polar surface area (TPSA) is 25.2 Å². The van der Waals surface area contributed by atoms with Gasteiger partial charge in [0.25, 0.3) is 0 Å². The predicted molar refractivity (Wildman–Crippen MR) is 152 cm³/mol. The van der Waals surface area contributed by atoms with Gasteiger partial charge in [0.1, 0.15) is 11.2 Å². The third-order valence-electron chi connectivity index (χ3n) is 6.87. The lowest BCUT2D eigenvalue weighted by atomic mass is 9.91. The van der Waals surface area contributed by atoms with Crippen LogP contribution in [0.1, 0.15) is 0 Å². The first-order valence-electron chi connectivity index (χ1n) is 12.2. The lowest BCUT2D eigenvalue weighted by molar-refractivity contribution is 0.669. The van der Waals surface area contributed by atoms with Gasteiger partial charge in [-0.3, -0.25) is 0 Å². The van der Waals surface area contributed by atoms with Gasteiger partial charge in [0.05, 0.1) is 11.1 Å². The Bertz CT molecular complexity index is 1840. The van der Waals surface area contributed by atoms with Crippen molar-refractivity contribution in [3.63, 3.8) is 0 Å². The third kappa shape index (κ3) is 3.43. The second-order valence-corrected chi connectivity index (χ2v) is 9.05. The maximum absolute atomic E-state index is 6.06. The number of hydrogen-bond donors (Lipinski definition) is 1. The SMILES string of the molecule is c1ccc(-c2cccc3cccc(-c4ccc(Nc5cccc6oc7ccccc7c56)cc4)c23)cc1. The second-order valence-electron chi connectivity index (χ2n) is 9.05. The minimum Gasteiger partial charge on any atom is -0.456 e. The highest BCUT2D eigenvalue weighted by atomic mass is 16.3. The van der Waals surface area contributed by atoms with E-state index in [4.69, 9.17) is 4.42 Å². The zero-order chi connectivity index (χ0) is 23.9. The molecule has 7 rings (SSSR count). The molecule has 6 aromatic carbocycles. The van der Waals surface area contributed by atoms with Crippen LogP contribution < -0.4 is 5.32 Å². The Hall–Kier alpha value is -4.82. The van der Waals surface area contributed by atoms with E-state index in [-0.39, 0.29) is 0 Å². The minimum atomic E-state index is 0.891. The molecule has 0 unspecified atom stereocenters. The summed E-state index contributed by atoms with van der Waals surface area (Å²) in [6, 6.07) is 46.8. The molecular formula is C34H23NO. The van der Waals surface area contributed by atoms with Crippen molar-refractivity contribution in [3.05, 3.63) is 133 Å². The molecule has 0 spiro atoms.